The van der Waals surface area contributed by atoms with Crippen LogP contribution in [0.15, 0.2) is 54.6 Å². The first-order valence-electron chi connectivity index (χ1n) is 7.30. The fraction of sp³-hybridized carbons (Fsp3) is 0.111. The van der Waals surface area contributed by atoms with Gasteiger partial charge in [-0.15, -0.1) is 0 Å². The Balaban J connectivity index is 1.72. The normalized spacial score (nSPS) is 10.6. The second kappa shape index (κ2) is 9.11. The third-order valence-corrected chi connectivity index (χ3v) is 3.86. The van der Waals surface area contributed by atoms with Gasteiger partial charge >= 0.3 is 0 Å². The van der Waals surface area contributed by atoms with Crippen molar-refractivity contribution >= 4 is 41.1 Å². The van der Waals surface area contributed by atoms with Crippen molar-refractivity contribution in [2.24, 2.45) is 0 Å². The fourth-order valence-corrected chi connectivity index (χ4v) is 2.19. The highest BCUT2D eigenvalue weighted by Gasteiger charge is 2.07. The van der Waals surface area contributed by atoms with Gasteiger partial charge < -0.3 is 10.6 Å². The van der Waals surface area contributed by atoms with Crippen LogP contribution in [0.25, 0.3) is 6.08 Å². The van der Waals surface area contributed by atoms with E-state index in [0.717, 1.165) is 5.56 Å². The summed E-state index contributed by atoms with van der Waals surface area (Å²) in [6.45, 7) is 0.634. The van der Waals surface area contributed by atoms with Crippen LogP contribution in [0.2, 0.25) is 10.0 Å². The van der Waals surface area contributed by atoms with E-state index in [0.29, 0.717) is 28.7 Å². The third kappa shape index (κ3) is 5.72. The molecule has 0 heterocycles. The minimum absolute atomic E-state index is 0.220. The maximum absolute atomic E-state index is 11.9. The Labute approximate surface area is 150 Å². The molecule has 0 bridgehead atoms. The zero-order valence-electron chi connectivity index (χ0n) is 12.8. The zero-order valence-corrected chi connectivity index (χ0v) is 14.3. The average Bonchev–Trinajstić information content (AvgIpc) is 2.60. The van der Waals surface area contributed by atoms with Crippen LogP contribution in [0.3, 0.4) is 0 Å². The Hall–Kier alpha value is -2.30. The lowest BCUT2D eigenvalue weighted by Crippen LogP contribution is -2.34. The number of benzene rings is 2. The molecule has 0 aliphatic rings. The zero-order chi connectivity index (χ0) is 17.4. The van der Waals surface area contributed by atoms with Crippen LogP contribution in [0, 0.1) is 0 Å². The van der Waals surface area contributed by atoms with Crippen molar-refractivity contribution in [2.45, 2.75) is 0 Å². The lowest BCUT2D eigenvalue weighted by Gasteiger charge is -2.06. The van der Waals surface area contributed by atoms with E-state index in [1.54, 1.807) is 18.2 Å². The molecule has 0 spiro atoms. The van der Waals surface area contributed by atoms with Crippen molar-refractivity contribution < 1.29 is 9.59 Å². The fourth-order valence-electron chi connectivity index (χ4n) is 1.90. The van der Waals surface area contributed by atoms with Gasteiger partial charge in [-0.2, -0.15) is 0 Å². The van der Waals surface area contributed by atoms with E-state index in [9.17, 15) is 9.59 Å². The van der Waals surface area contributed by atoms with Crippen LogP contribution in [0.5, 0.6) is 0 Å². The van der Waals surface area contributed by atoms with E-state index >= 15 is 0 Å². The Morgan fingerprint density at radius 3 is 2.33 bits per heavy atom. The summed E-state index contributed by atoms with van der Waals surface area (Å²) >= 11 is 11.7. The Bertz CT molecular complexity index is 746. The average molecular weight is 363 g/mol. The van der Waals surface area contributed by atoms with E-state index in [4.69, 9.17) is 23.2 Å². The smallest absolute Gasteiger partial charge is 0.251 e. The van der Waals surface area contributed by atoms with Crippen LogP contribution in [-0.2, 0) is 4.79 Å². The first-order valence-corrected chi connectivity index (χ1v) is 8.06. The quantitative estimate of drug-likeness (QED) is 0.609. The molecule has 0 radical (unpaired) electrons. The van der Waals surface area contributed by atoms with Gasteiger partial charge in [-0.1, -0.05) is 53.5 Å². The minimum Gasteiger partial charge on any atom is -0.351 e. The molecule has 0 aromatic heterocycles. The molecule has 0 saturated heterocycles. The second-order valence-electron chi connectivity index (χ2n) is 4.92. The number of nitrogens with one attached hydrogen (secondary N) is 2. The lowest BCUT2D eigenvalue weighted by atomic mass is 10.2. The summed E-state index contributed by atoms with van der Waals surface area (Å²) in [7, 11) is 0. The predicted octanol–water partition coefficient (Wildman–Crippen LogP) is 3.55. The molecular weight excluding hydrogens is 347 g/mol. The van der Waals surface area contributed by atoms with E-state index in [1.807, 2.05) is 30.3 Å². The third-order valence-electron chi connectivity index (χ3n) is 3.12. The number of carbonyl (C=O) groups is 2. The monoisotopic (exact) mass is 362 g/mol. The van der Waals surface area contributed by atoms with E-state index in [2.05, 4.69) is 10.6 Å². The van der Waals surface area contributed by atoms with Gasteiger partial charge in [-0.25, -0.2) is 0 Å². The maximum atomic E-state index is 11.9. The van der Waals surface area contributed by atoms with Gasteiger partial charge in [0.25, 0.3) is 5.91 Å². The first kappa shape index (κ1) is 18.0. The first-order chi connectivity index (χ1) is 11.6. The summed E-state index contributed by atoms with van der Waals surface area (Å²) < 4.78 is 0. The molecule has 0 aliphatic heterocycles. The van der Waals surface area contributed by atoms with Crippen molar-refractivity contribution in [2.75, 3.05) is 13.1 Å². The lowest BCUT2D eigenvalue weighted by molar-refractivity contribution is -0.116. The highest BCUT2D eigenvalue weighted by atomic mass is 35.5. The van der Waals surface area contributed by atoms with Crippen molar-refractivity contribution in [1.82, 2.24) is 10.6 Å². The Morgan fingerprint density at radius 2 is 1.62 bits per heavy atom. The molecule has 2 rings (SSSR count). The number of hydrogen-bond acceptors (Lipinski definition) is 2. The van der Waals surface area contributed by atoms with Crippen LogP contribution in [0.4, 0.5) is 0 Å². The van der Waals surface area contributed by atoms with Crippen molar-refractivity contribution in [3.8, 4) is 0 Å². The van der Waals surface area contributed by atoms with Gasteiger partial charge in [0.15, 0.2) is 0 Å². The molecule has 0 saturated carbocycles. The number of halogens is 2. The van der Waals surface area contributed by atoms with Gasteiger partial charge in [0.2, 0.25) is 5.91 Å². The van der Waals surface area contributed by atoms with E-state index in [1.165, 1.54) is 12.1 Å². The highest BCUT2D eigenvalue weighted by Crippen LogP contribution is 2.22. The van der Waals surface area contributed by atoms with E-state index in [-0.39, 0.29) is 11.8 Å². The standard InChI is InChI=1S/C18H16Cl2N2O2/c19-15-8-7-14(12-16(15)20)18(24)22-11-10-21-17(23)9-6-13-4-2-1-3-5-13/h1-9,12H,10-11H2,(H,21,23)(H,22,24)/b9-6+. The van der Waals surface area contributed by atoms with Gasteiger partial charge in [0, 0.05) is 24.7 Å². The van der Waals surface area contributed by atoms with Crippen LogP contribution >= 0.6 is 23.2 Å². The summed E-state index contributed by atoms with van der Waals surface area (Å²) in [5.74, 6) is -0.495. The molecule has 0 atom stereocenters. The molecule has 4 nitrogen and oxygen atoms in total. The number of amides is 2. The molecule has 0 fully saturated rings. The SMILES string of the molecule is O=C(/C=C/c1ccccc1)NCCNC(=O)c1ccc(Cl)c(Cl)c1. The van der Waals surface area contributed by atoms with Crippen LogP contribution in [-0.4, -0.2) is 24.9 Å². The predicted molar refractivity (Wildman–Crippen MR) is 97.3 cm³/mol. The number of hydrogen-bond donors (Lipinski definition) is 2. The number of rotatable bonds is 6. The van der Waals surface area contributed by atoms with Crippen molar-refractivity contribution in [1.29, 1.82) is 0 Å². The summed E-state index contributed by atoms with van der Waals surface area (Å²) in [5, 5.41) is 6.10. The van der Waals surface area contributed by atoms with Crippen LogP contribution < -0.4 is 10.6 Å². The van der Waals surface area contributed by atoms with E-state index < -0.39 is 0 Å². The molecule has 2 amide bonds. The highest BCUT2D eigenvalue weighted by molar-refractivity contribution is 6.42. The van der Waals surface area contributed by atoms with Gasteiger partial charge in [0.1, 0.15) is 0 Å². The van der Waals surface area contributed by atoms with Crippen molar-refractivity contribution in [3.05, 3.63) is 75.8 Å². The molecule has 2 aromatic rings. The summed E-state index contributed by atoms with van der Waals surface area (Å²) in [4.78, 5) is 23.6. The molecule has 6 heteroatoms. The molecule has 124 valence electrons. The molecule has 2 aromatic carbocycles. The summed E-state index contributed by atoms with van der Waals surface area (Å²) in [6.07, 6.45) is 3.18. The molecule has 24 heavy (non-hydrogen) atoms. The molecule has 0 aliphatic carbocycles. The van der Waals surface area contributed by atoms with Gasteiger partial charge in [0.05, 0.1) is 10.0 Å². The largest absolute Gasteiger partial charge is 0.351 e. The van der Waals surface area contributed by atoms with Crippen LogP contribution in [0.1, 0.15) is 15.9 Å². The molecule has 2 N–H and O–H groups in total. The van der Waals surface area contributed by atoms with Gasteiger partial charge in [-0.05, 0) is 29.8 Å². The number of carbonyl (C=O) groups excluding carboxylic acids is 2. The Kier molecular flexibility index (Phi) is 6.85. The second-order valence-corrected chi connectivity index (χ2v) is 5.73. The van der Waals surface area contributed by atoms with Gasteiger partial charge in [-0.3, -0.25) is 9.59 Å². The summed E-state index contributed by atoms with van der Waals surface area (Å²) in [5.41, 5.74) is 1.36. The maximum Gasteiger partial charge on any atom is 0.251 e. The minimum atomic E-state index is -0.275. The Morgan fingerprint density at radius 1 is 0.917 bits per heavy atom. The molecule has 0 unspecified atom stereocenters. The van der Waals surface area contributed by atoms with Crippen molar-refractivity contribution in [3.63, 3.8) is 0 Å². The topological polar surface area (TPSA) is 58.2 Å². The molecular formula is C18H16Cl2N2O2. The summed E-state index contributed by atoms with van der Waals surface area (Å²) in [6, 6.07) is 14.2.